The Morgan fingerprint density at radius 2 is 1.93 bits per heavy atom. The van der Waals surface area contributed by atoms with E-state index in [0.29, 0.717) is 0 Å². The van der Waals surface area contributed by atoms with E-state index in [-0.39, 0.29) is 4.35 Å². The van der Waals surface area contributed by atoms with Gasteiger partial charge in [-0.3, -0.25) is 0 Å². The summed E-state index contributed by atoms with van der Waals surface area (Å²) in [5.74, 6) is 0. The normalized spacial score (nSPS) is 11.4. The second kappa shape index (κ2) is 3.61. The molecule has 1 aromatic carbocycles. The SMILES string of the molecule is O=[N+]([O-])c1ccc([As])cc1C(F)(F)F. The standard InChI is InChI=1S/C7H3AsF3NO2/c8-4-1-2-6(12(13)14)5(3-4)7(9,10)11/h1-3H. The van der Waals surface area contributed by atoms with E-state index in [0.717, 1.165) is 12.1 Å². The van der Waals surface area contributed by atoms with Gasteiger partial charge in [0.2, 0.25) is 0 Å². The summed E-state index contributed by atoms with van der Waals surface area (Å²) in [7, 11) is 0. The van der Waals surface area contributed by atoms with Crippen LogP contribution < -0.4 is 4.35 Å². The van der Waals surface area contributed by atoms with E-state index in [1.54, 1.807) is 0 Å². The van der Waals surface area contributed by atoms with Gasteiger partial charge in [-0.25, -0.2) is 0 Å². The molecule has 0 saturated carbocycles. The van der Waals surface area contributed by atoms with Crippen LogP contribution in [0.5, 0.6) is 0 Å². The van der Waals surface area contributed by atoms with E-state index in [2.05, 4.69) is 0 Å². The van der Waals surface area contributed by atoms with Crippen molar-refractivity contribution in [3.63, 3.8) is 0 Å². The van der Waals surface area contributed by atoms with Crippen molar-refractivity contribution in [2.45, 2.75) is 6.18 Å². The van der Waals surface area contributed by atoms with Crippen LogP contribution in [0.2, 0.25) is 0 Å². The van der Waals surface area contributed by atoms with Crippen LogP contribution in [0.25, 0.3) is 0 Å². The van der Waals surface area contributed by atoms with Crippen LogP contribution in [0.15, 0.2) is 18.2 Å². The molecule has 1 aromatic rings. The van der Waals surface area contributed by atoms with Gasteiger partial charge in [-0.2, -0.15) is 0 Å². The molecule has 0 atom stereocenters. The van der Waals surface area contributed by atoms with E-state index < -0.39 is 22.4 Å². The number of rotatable bonds is 1. The summed E-state index contributed by atoms with van der Waals surface area (Å²) in [6.45, 7) is 0. The van der Waals surface area contributed by atoms with Crippen LogP contribution in [0, 0.1) is 10.1 Å². The number of halogens is 3. The predicted octanol–water partition coefficient (Wildman–Crippen LogP) is 1.41. The fraction of sp³-hybridized carbons (Fsp3) is 0.143. The molecular formula is C7H3AsF3NO2. The third-order valence-corrected chi connectivity index (χ3v) is 2.07. The molecule has 0 amide bonds. The molecule has 0 saturated heterocycles. The Morgan fingerprint density at radius 3 is 2.36 bits per heavy atom. The van der Waals surface area contributed by atoms with Crippen molar-refractivity contribution in [2.24, 2.45) is 0 Å². The van der Waals surface area contributed by atoms with E-state index in [1.807, 2.05) is 16.9 Å². The molecule has 0 bridgehead atoms. The van der Waals surface area contributed by atoms with Gasteiger partial charge in [-0.05, 0) is 0 Å². The maximum atomic E-state index is 12.3. The first-order valence-electron chi connectivity index (χ1n) is 3.37. The first kappa shape index (κ1) is 11.0. The van der Waals surface area contributed by atoms with Gasteiger partial charge in [-0.1, -0.05) is 0 Å². The third-order valence-electron chi connectivity index (χ3n) is 1.48. The van der Waals surface area contributed by atoms with E-state index in [1.165, 1.54) is 6.07 Å². The summed E-state index contributed by atoms with van der Waals surface area (Å²) in [5, 5.41) is 10.3. The van der Waals surface area contributed by atoms with Crippen molar-refractivity contribution in [1.82, 2.24) is 0 Å². The minimum absolute atomic E-state index is 0.274. The third kappa shape index (κ3) is 2.26. The number of benzene rings is 1. The molecule has 7 heteroatoms. The van der Waals surface area contributed by atoms with Crippen molar-refractivity contribution >= 4 is 26.9 Å². The fourth-order valence-electron chi connectivity index (χ4n) is 0.910. The first-order valence-corrected chi connectivity index (χ1v) is 4.31. The molecule has 0 aliphatic heterocycles. The van der Waals surface area contributed by atoms with Gasteiger partial charge in [-0.15, -0.1) is 0 Å². The molecule has 3 nitrogen and oxygen atoms in total. The van der Waals surface area contributed by atoms with Crippen LogP contribution in [-0.2, 0) is 6.18 Å². The summed E-state index contributed by atoms with van der Waals surface area (Å²) < 4.78 is 37.1. The van der Waals surface area contributed by atoms with Crippen LogP contribution in [0.4, 0.5) is 18.9 Å². The maximum absolute atomic E-state index is 12.3. The number of hydrogen-bond acceptors (Lipinski definition) is 2. The topological polar surface area (TPSA) is 43.1 Å². The molecule has 0 aromatic heterocycles. The predicted molar refractivity (Wildman–Crippen MR) is 43.5 cm³/mol. The molecule has 2 radical (unpaired) electrons. The molecular weight excluding hydrogens is 262 g/mol. The average Bonchev–Trinajstić information content (AvgIpc) is 2.01. The van der Waals surface area contributed by atoms with Crippen molar-refractivity contribution in [1.29, 1.82) is 0 Å². The zero-order chi connectivity index (χ0) is 10.9. The van der Waals surface area contributed by atoms with Gasteiger partial charge >= 0.3 is 85.0 Å². The van der Waals surface area contributed by atoms with Gasteiger partial charge in [0.25, 0.3) is 0 Å². The molecule has 14 heavy (non-hydrogen) atoms. The van der Waals surface area contributed by atoms with Crippen molar-refractivity contribution in [3.8, 4) is 0 Å². The summed E-state index contributed by atoms with van der Waals surface area (Å²) in [5.41, 5.74) is -2.15. The van der Waals surface area contributed by atoms with Gasteiger partial charge in [0.1, 0.15) is 0 Å². The Bertz CT molecular complexity index is 378. The molecule has 0 aliphatic carbocycles. The summed E-state index contributed by atoms with van der Waals surface area (Å²) in [6, 6.07) is 2.82. The summed E-state index contributed by atoms with van der Waals surface area (Å²) in [6.07, 6.45) is -4.70. The van der Waals surface area contributed by atoms with Crippen LogP contribution in [0.3, 0.4) is 0 Å². The summed E-state index contributed by atoms with van der Waals surface area (Å²) in [4.78, 5) is 9.23. The van der Waals surface area contributed by atoms with Gasteiger partial charge in [0, 0.05) is 0 Å². The van der Waals surface area contributed by atoms with Crippen LogP contribution in [-0.4, -0.2) is 21.8 Å². The zero-order valence-electron chi connectivity index (χ0n) is 6.58. The minimum atomic E-state index is -4.70. The molecule has 0 heterocycles. The van der Waals surface area contributed by atoms with E-state index in [9.17, 15) is 23.3 Å². The second-order valence-electron chi connectivity index (χ2n) is 2.46. The Balaban J connectivity index is 3.38. The second-order valence-corrected chi connectivity index (χ2v) is 3.54. The molecule has 0 spiro atoms. The van der Waals surface area contributed by atoms with E-state index >= 15 is 0 Å². The average molecular weight is 265 g/mol. The Kier molecular flexibility index (Phi) is 2.85. The van der Waals surface area contributed by atoms with Gasteiger partial charge < -0.3 is 0 Å². The quantitative estimate of drug-likeness (QED) is 0.437. The first-order chi connectivity index (χ1) is 6.32. The number of nitro benzene ring substituents is 1. The Hall–Kier alpha value is -1.03. The molecule has 0 N–H and O–H groups in total. The fourth-order valence-corrected chi connectivity index (χ4v) is 1.34. The van der Waals surface area contributed by atoms with Gasteiger partial charge in [0.05, 0.1) is 0 Å². The molecule has 0 unspecified atom stereocenters. The van der Waals surface area contributed by atoms with Crippen molar-refractivity contribution < 1.29 is 18.1 Å². The number of nitrogens with zero attached hydrogens (tertiary/aromatic N) is 1. The Morgan fingerprint density at radius 1 is 1.36 bits per heavy atom. The number of alkyl halides is 3. The van der Waals surface area contributed by atoms with Crippen molar-refractivity contribution in [2.75, 3.05) is 0 Å². The monoisotopic (exact) mass is 265 g/mol. The molecule has 0 aliphatic rings. The Labute approximate surface area is 85.6 Å². The molecule has 74 valence electrons. The van der Waals surface area contributed by atoms with Crippen LogP contribution >= 0.6 is 0 Å². The number of hydrogen-bond donors (Lipinski definition) is 0. The molecule has 1 rings (SSSR count). The zero-order valence-corrected chi connectivity index (χ0v) is 8.45. The van der Waals surface area contributed by atoms with E-state index in [4.69, 9.17) is 0 Å². The van der Waals surface area contributed by atoms with Gasteiger partial charge in [0.15, 0.2) is 0 Å². The molecule has 0 fully saturated rings. The van der Waals surface area contributed by atoms with Crippen LogP contribution in [0.1, 0.15) is 5.56 Å². The number of nitro groups is 1. The summed E-state index contributed by atoms with van der Waals surface area (Å²) >= 11 is 1.90. The van der Waals surface area contributed by atoms with Crippen molar-refractivity contribution in [3.05, 3.63) is 33.9 Å².